The van der Waals surface area contributed by atoms with Crippen molar-refractivity contribution >= 4 is 0 Å². The lowest BCUT2D eigenvalue weighted by Crippen LogP contribution is -2.22. The number of aryl methyl sites for hydroxylation is 1. The van der Waals surface area contributed by atoms with Gasteiger partial charge in [-0.2, -0.15) is 0 Å². The van der Waals surface area contributed by atoms with Crippen LogP contribution in [0.2, 0.25) is 0 Å². The van der Waals surface area contributed by atoms with Crippen LogP contribution < -0.4 is 10.5 Å². The maximum absolute atomic E-state index is 6.15. The van der Waals surface area contributed by atoms with Crippen molar-refractivity contribution in [1.29, 1.82) is 0 Å². The zero-order chi connectivity index (χ0) is 13.0. The molecule has 0 spiro atoms. The zero-order valence-corrected chi connectivity index (χ0v) is 11.6. The quantitative estimate of drug-likeness (QED) is 0.830. The van der Waals surface area contributed by atoms with Gasteiger partial charge in [-0.15, -0.1) is 0 Å². The fourth-order valence-corrected chi connectivity index (χ4v) is 3.07. The molecule has 2 heteroatoms. The highest BCUT2D eigenvalue weighted by Crippen LogP contribution is 2.29. The molecule has 0 saturated heterocycles. The summed E-state index contributed by atoms with van der Waals surface area (Å²) in [5.41, 5.74) is 8.80. The smallest absolute Gasteiger partial charge is 0.122 e. The third-order valence-corrected chi connectivity index (χ3v) is 4.02. The van der Waals surface area contributed by atoms with E-state index in [0.29, 0.717) is 6.04 Å². The molecule has 2 unspecified atom stereocenters. The van der Waals surface area contributed by atoms with Gasteiger partial charge in [-0.25, -0.2) is 0 Å². The van der Waals surface area contributed by atoms with Crippen LogP contribution in [0, 0.1) is 12.8 Å². The summed E-state index contributed by atoms with van der Waals surface area (Å²) in [6.45, 7) is 2.14. The van der Waals surface area contributed by atoms with Crippen LogP contribution >= 0.6 is 0 Å². The van der Waals surface area contributed by atoms with Crippen LogP contribution in [0.5, 0.6) is 5.75 Å². The molecule has 0 amide bonds. The second-order valence-corrected chi connectivity index (χ2v) is 5.67. The Morgan fingerprint density at radius 1 is 1.28 bits per heavy atom. The van der Waals surface area contributed by atoms with Gasteiger partial charge < -0.3 is 10.5 Å². The van der Waals surface area contributed by atoms with Gasteiger partial charge in [0.05, 0.1) is 7.11 Å². The Kier molecular flexibility index (Phi) is 4.65. The Morgan fingerprint density at radius 2 is 2.06 bits per heavy atom. The first-order valence-corrected chi connectivity index (χ1v) is 7.08. The van der Waals surface area contributed by atoms with E-state index in [0.717, 1.165) is 24.5 Å². The molecule has 18 heavy (non-hydrogen) atoms. The van der Waals surface area contributed by atoms with E-state index in [9.17, 15) is 0 Å². The van der Waals surface area contributed by atoms with Crippen LogP contribution in [-0.2, 0) is 6.42 Å². The van der Waals surface area contributed by atoms with Crippen LogP contribution in [0.15, 0.2) is 18.2 Å². The van der Waals surface area contributed by atoms with E-state index in [-0.39, 0.29) is 0 Å². The Balaban J connectivity index is 2.09. The van der Waals surface area contributed by atoms with Gasteiger partial charge in [0.25, 0.3) is 0 Å². The molecule has 100 valence electrons. The Labute approximate surface area is 111 Å². The van der Waals surface area contributed by atoms with Crippen molar-refractivity contribution in [3.63, 3.8) is 0 Å². The summed E-state index contributed by atoms with van der Waals surface area (Å²) in [5.74, 6) is 1.75. The predicted octanol–water partition coefficient (Wildman–Crippen LogP) is 3.45. The average molecular weight is 247 g/mol. The standard InChI is InChI=1S/C16H25NO/c1-12-7-8-16(18-2)14(9-12)10-13-5-3-4-6-15(17)11-13/h7-9,13,15H,3-6,10-11,17H2,1-2H3. The molecule has 2 rings (SSSR count). The fourth-order valence-electron chi connectivity index (χ4n) is 3.07. The Hall–Kier alpha value is -1.02. The Bertz CT molecular complexity index is 389. The Morgan fingerprint density at radius 3 is 2.83 bits per heavy atom. The van der Waals surface area contributed by atoms with Crippen molar-refractivity contribution in [3.8, 4) is 5.75 Å². The molecule has 2 N–H and O–H groups in total. The minimum absolute atomic E-state index is 0.397. The monoisotopic (exact) mass is 247 g/mol. The lowest BCUT2D eigenvalue weighted by atomic mass is 9.90. The third-order valence-electron chi connectivity index (χ3n) is 4.02. The van der Waals surface area contributed by atoms with Crippen molar-refractivity contribution < 1.29 is 4.74 Å². The van der Waals surface area contributed by atoms with Gasteiger partial charge in [-0.3, -0.25) is 0 Å². The van der Waals surface area contributed by atoms with Crippen LogP contribution in [0.1, 0.15) is 43.2 Å². The molecule has 2 nitrogen and oxygen atoms in total. The maximum atomic E-state index is 6.15. The summed E-state index contributed by atoms with van der Waals surface area (Å²) in [5, 5.41) is 0. The van der Waals surface area contributed by atoms with E-state index in [1.807, 2.05) is 0 Å². The molecular weight excluding hydrogens is 222 g/mol. The molecule has 2 atom stereocenters. The maximum Gasteiger partial charge on any atom is 0.122 e. The number of ether oxygens (including phenoxy) is 1. The molecule has 0 radical (unpaired) electrons. The van der Waals surface area contributed by atoms with Crippen LogP contribution in [0.25, 0.3) is 0 Å². The van der Waals surface area contributed by atoms with Crippen molar-refractivity contribution in [2.24, 2.45) is 11.7 Å². The first-order valence-electron chi connectivity index (χ1n) is 7.08. The molecule has 1 aromatic rings. The number of rotatable bonds is 3. The van der Waals surface area contributed by atoms with Gasteiger partial charge in [0.1, 0.15) is 5.75 Å². The summed E-state index contributed by atoms with van der Waals surface area (Å²) >= 11 is 0. The molecule has 0 heterocycles. The van der Waals surface area contributed by atoms with Gasteiger partial charge in [0.2, 0.25) is 0 Å². The van der Waals surface area contributed by atoms with E-state index in [4.69, 9.17) is 10.5 Å². The van der Waals surface area contributed by atoms with Gasteiger partial charge >= 0.3 is 0 Å². The molecule has 1 aliphatic rings. The number of hydrogen-bond donors (Lipinski definition) is 1. The van der Waals surface area contributed by atoms with Crippen molar-refractivity contribution in [3.05, 3.63) is 29.3 Å². The first-order chi connectivity index (χ1) is 8.69. The molecule has 0 aromatic heterocycles. The summed E-state index contributed by atoms with van der Waals surface area (Å²) < 4.78 is 5.47. The largest absolute Gasteiger partial charge is 0.496 e. The normalized spacial score (nSPS) is 24.6. The number of methoxy groups -OCH3 is 1. The molecule has 1 fully saturated rings. The first kappa shape index (κ1) is 13.4. The van der Waals surface area contributed by atoms with E-state index >= 15 is 0 Å². The van der Waals surface area contributed by atoms with Crippen molar-refractivity contribution in [2.75, 3.05) is 7.11 Å². The lowest BCUT2D eigenvalue weighted by molar-refractivity contribution is 0.391. The molecular formula is C16H25NO. The van der Waals surface area contributed by atoms with Gasteiger partial charge in [-0.1, -0.05) is 37.0 Å². The minimum Gasteiger partial charge on any atom is -0.496 e. The van der Waals surface area contributed by atoms with Crippen LogP contribution in [0.4, 0.5) is 0 Å². The highest BCUT2D eigenvalue weighted by molar-refractivity contribution is 5.37. The van der Waals surface area contributed by atoms with E-state index in [2.05, 4.69) is 25.1 Å². The molecule has 1 aromatic carbocycles. The summed E-state index contributed by atoms with van der Waals surface area (Å²) in [7, 11) is 1.76. The topological polar surface area (TPSA) is 35.2 Å². The van der Waals surface area contributed by atoms with Gasteiger partial charge in [0, 0.05) is 6.04 Å². The van der Waals surface area contributed by atoms with Crippen molar-refractivity contribution in [2.45, 2.75) is 51.5 Å². The van der Waals surface area contributed by atoms with Gasteiger partial charge in [0.15, 0.2) is 0 Å². The molecule has 1 saturated carbocycles. The average Bonchev–Trinajstić information content (AvgIpc) is 2.54. The minimum atomic E-state index is 0.397. The highest BCUT2D eigenvalue weighted by Gasteiger charge is 2.19. The lowest BCUT2D eigenvalue weighted by Gasteiger charge is -2.19. The SMILES string of the molecule is COc1ccc(C)cc1CC1CCCCC(N)C1. The van der Waals surface area contributed by atoms with Crippen LogP contribution in [-0.4, -0.2) is 13.2 Å². The van der Waals surface area contributed by atoms with Crippen LogP contribution in [0.3, 0.4) is 0 Å². The summed E-state index contributed by atoms with van der Waals surface area (Å²) in [6.07, 6.45) is 7.40. The number of benzene rings is 1. The zero-order valence-electron chi connectivity index (χ0n) is 11.6. The van der Waals surface area contributed by atoms with Gasteiger partial charge in [-0.05, 0) is 43.7 Å². The van der Waals surface area contributed by atoms with E-state index in [1.165, 1.54) is 36.8 Å². The van der Waals surface area contributed by atoms with E-state index in [1.54, 1.807) is 7.11 Å². The molecule has 1 aliphatic carbocycles. The molecule has 0 bridgehead atoms. The summed E-state index contributed by atoms with van der Waals surface area (Å²) in [6, 6.07) is 6.85. The highest BCUT2D eigenvalue weighted by atomic mass is 16.5. The van der Waals surface area contributed by atoms with E-state index < -0.39 is 0 Å². The second-order valence-electron chi connectivity index (χ2n) is 5.67. The summed E-state index contributed by atoms with van der Waals surface area (Å²) in [4.78, 5) is 0. The number of nitrogens with two attached hydrogens (primary N) is 1. The predicted molar refractivity (Wildman–Crippen MR) is 76.0 cm³/mol. The number of hydrogen-bond acceptors (Lipinski definition) is 2. The second kappa shape index (κ2) is 6.24. The molecule has 0 aliphatic heterocycles. The van der Waals surface area contributed by atoms with Crippen molar-refractivity contribution in [1.82, 2.24) is 0 Å². The third kappa shape index (κ3) is 3.49. The fraction of sp³-hybridized carbons (Fsp3) is 0.625.